The van der Waals surface area contributed by atoms with E-state index in [2.05, 4.69) is 6.92 Å². The maximum atomic E-state index is 12.4. The van der Waals surface area contributed by atoms with E-state index in [0.717, 1.165) is 36.7 Å². The smallest absolute Gasteiger partial charge is 0.331 e. The molecule has 3 fully saturated rings. The zero-order valence-electron chi connectivity index (χ0n) is 16.8. The fraction of sp³-hybridized carbons (Fsp3) is 0.739. The normalized spacial score (nSPS) is 51.3. The van der Waals surface area contributed by atoms with Gasteiger partial charge in [0.05, 0.1) is 23.2 Å². The number of hydrogen-bond donors (Lipinski definition) is 3. The number of aldehydes is 1. The second kappa shape index (κ2) is 6.25. The van der Waals surface area contributed by atoms with E-state index in [4.69, 9.17) is 4.74 Å². The zero-order valence-corrected chi connectivity index (χ0v) is 16.8. The minimum absolute atomic E-state index is 0.0329. The number of aliphatic hydroxyl groups excluding tert-OH is 2. The third-order valence-electron chi connectivity index (χ3n) is 9.29. The van der Waals surface area contributed by atoms with Crippen molar-refractivity contribution in [3.63, 3.8) is 0 Å². The summed E-state index contributed by atoms with van der Waals surface area (Å²) >= 11 is 0. The van der Waals surface area contributed by atoms with Crippen molar-refractivity contribution in [1.29, 1.82) is 0 Å². The summed E-state index contributed by atoms with van der Waals surface area (Å²) in [6.45, 7) is 2.45. The van der Waals surface area contributed by atoms with E-state index in [-0.39, 0.29) is 35.6 Å². The van der Waals surface area contributed by atoms with Gasteiger partial charge in [-0.1, -0.05) is 18.6 Å². The van der Waals surface area contributed by atoms with Crippen LogP contribution >= 0.6 is 0 Å². The first-order valence-electron chi connectivity index (χ1n) is 10.9. The fourth-order valence-corrected chi connectivity index (χ4v) is 7.73. The van der Waals surface area contributed by atoms with Crippen molar-refractivity contribution < 1.29 is 29.6 Å². The molecule has 158 valence electrons. The Morgan fingerprint density at radius 2 is 1.97 bits per heavy atom. The van der Waals surface area contributed by atoms with E-state index < -0.39 is 23.2 Å². The maximum Gasteiger partial charge on any atom is 0.331 e. The summed E-state index contributed by atoms with van der Waals surface area (Å²) in [7, 11) is 0. The third kappa shape index (κ3) is 2.39. The number of aliphatic hydroxyl groups is 3. The van der Waals surface area contributed by atoms with Gasteiger partial charge in [0.2, 0.25) is 0 Å². The van der Waals surface area contributed by atoms with Gasteiger partial charge in [0.1, 0.15) is 12.9 Å². The van der Waals surface area contributed by atoms with Crippen molar-refractivity contribution in [2.24, 2.45) is 28.6 Å². The van der Waals surface area contributed by atoms with Crippen molar-refractivity contribution >= 4 is 12.3 Å². The molecule has 6 heteroatoms. The van der Waals surface area contributed by atoms with Crippen LogP contribution in [0.2, 0.25) is 0 Å². The summed E-state index contributed by atoms with van der Waals surface area (Å²) in [5, 5.41) is 32.6. The Balaban J connectivity index is 1.53. The summed E-state index contributed by atoms with van der Waals surface area (Å²) in [5.74, 6) is -0.292. The first kappa shape index (κ1) is 19.5. The van der Waals surface area contributed by atoms with E-state index in [1.807, 2.05) is 6.08 Å². The summed E-state index contributed by atoms with van der Waals surface area (Å²) in [5.41, 5.74) is -0.156. The Labute approximate surface area is 170 Å². The van der Waals surface area contributed by atoms with Gasteiger partial charge in [0.25, 0.3) is 0 Å². The van der Waals surface area contributed by atoms with Crippen LogP contribution in [0.1, 0.15) is 51.9 Å². The molecule has 0 aromatic rings. The SMILES string of the molecule is C[C@]12CC[C@H]3[C@@H](CC=C4CC(O)[C@H](O)C[C@@]43C=O)[C@@]1(O)CC[C@@H]2C1=CC(=O)OC1. The van der Waals surface area contributed by atoms with Gasteiger partial charge in [-0.25, -0.2) is 4.79 Å². The minimum Gasteiger partial charge on any atom is -0.458 e. The lowest BCUT2D eigenvalue weighted by molar-refractivity contribution is -0.183. The predicted molar refractivity (Wildman–Crippen MR) is 103 cm³/mol. The second-order valence-corrected chi connectivity index (χ2v) is 10.2. The highest BCUT2D eigenvalue weighted by molar-refractivity contribution is 5.85. The van der Waals surface area contributed by atoms with Crippen molar-refractivity contribution in [2.45, 2.75) is 69.7 Å². The van der Waals surface area contributed by atoms with Crippen LogP contribution in [0, 0.1) is 28.6 Å². The number of allylic oxidation sites excluding steroid dienone is 1. The number of carbonyl (C=O) groups is 2. The molecule has 0 amide bonds. The molecule has 3 saturated carbocycles. The van der Waals surface area contributed by atoms with Gasteiger partial charge in [0, 0.05) is 11.5 Å². The van der Waals surface area contributed by atoms with E-state index in [0.29, 0.717) is 25.9 Å². The Kier molecular flexibility index (Phi) is 4.20. The molecule has 0 bridgehead atoms. The lowest BCUT2D eigenvalue weighted by atomic mass is 9.45. The molecule has 1 unspecified atom stereocenters. The highest BCUT2D eigenvalue weighted by Gasteiger charge is 2.68. The van der Waals surface area contributed by atoms with Crippen LogP contribution in [0.3, 0.4) is 0 Å². The highest BCUT2D eigenvalue weighted by atomic mass is 16.5. The van der Waals surface area contributed by atoms with Crippen molar-refractivity contribution in [1.82, 2.24) is 0 Å². The average molecular weight is 402 g/mol. The van der Waals surface area contributed by atoms with E-state index in [1.54, 1.807) is 6.08 Å². The van der Waals surface area contributed by atoms with Crippen LogP contribution in [0.25, 0.3) is 0 Å². The molecule has 0 aromatic carbocycles. The van der Waals surface area contributed by atoms with Gasteiger partial charge < -0.3 is 24.9 Å². The molecule has 1 heterocycles. The molecule has 5 rings (SSSR count). The first-order valence-corrected chi connectivity index (χ1v) is 10.9. The second-order valence-electron chi connectivity index (χ2n) is 10.2. The number of rotatable bonds is 2. The van der Waals surface area contributed by atoms with Gasteiger partial charge in [-0.3, -0.25) is 0 Å². The molecular formula is C23H30O6. The molecule has 1 aliphatic heterocycles. The molecule has 3 N–H and O–H groups in total. The van der Waals surface area contributed by atoms with Crippen LogP contribution in [0.4, 0.5) is 0 Å². The van der Waals surface area contributed by atoms with Gasteiger partial charge >= 0.3 is 5.97 Å². The quantitative estimate of drug-likeness (QED) is 0.369. The molecule has 5 aliphatic rings. The summed E-state index contributed by atoms with van der Waals surface area (Å²) in [4.78, 5) is 24.1. The predicted octanol–water partition coefficient (Wildman–Crippen LogP) is 1.67. The van der Waals surface area contributed by atoms with Crippen LogP contribution < -0.4 is 0 Å². The van der Waals surface area contributed by atoms with Crippen molar-refractivity contribution in [2.75, 3.05) is 6.61 Å². The summed E-state index contributed by atoms with van der Waals surface area (Å²) in [6, 6.07) is 0. The lowest BCUT2D eigenvalue weighted by Gasteiger charge is -2.61. The van der Waals surface area contributed by atoms with Gasteiger partial charge in [0.15, 0.2) is 0 Å². The minimum atomic E-state index is -0.924. The Hall–Kier alpha value is -1.50. The number of fused-ring (bicyclic) bond motifs is 5. The molecule has 0 saturated heterocycles. The fourth-order valence-electron chi connectivity index (χ4n) is 7.73. The third-order valence-corrected chi connectivity index (χ3v) is 9.29. The molecule has 0 aromatic heterocycles. The zero-order chi connectivity index (χ0) is 20.6. The van der Waals surface area contributed by atoms with Crippen molar-refractivity contribution in [3.05, 3.63) is 23.3 Å². The maximum absolute atomic E-state index is 12.4. The van der Waals surface area contributed by atoms with Crippen LogP contribution in [0.15, 0.2) is 23.3 Å². The van der Waals surface area contributed by atoms with E-state index >= 15 is 0 Å². The Bertz CT molecular complexity index is 816. The Morgan fingerprint density at radius 1 is 1.17 bits per heavy atom. The van der Waals surface area contributed by atoms with Gasteiger partial charge in [-0.2, -0.15) is 0 Å². The molecule has 0 spiro atoms. The standard InChI is InChI=1S/C23H30O6/c1-21-6-4-16-17(3-2-14-9-18(25)19(26)10-22(14,16)12-24)23(21,28)7-5-15(21)13-8-20(27)29-11-13/h2,8,12,15-19,25-26,28H,3-7,9-11H2,1H3/t15-,16+,17-,18?,19-,21-,22-,23+/m1/s1. The number of ether oxygens (including phenoxy) is 1. The molecule has 6 nitrogen and oxygen atoms in total. The lowest BCUT2D eigenvalue weighted by Crippen LogP contribution is -2.62. The molecule has 29 heavy (non-hydrogen) atoms. The largest absolute Gasteiger partial charge is 0.458 e. The molecule has 8 atom stereocenters. The average Bonchev–Trinajstić information content (AvgIpc) is 3.23. The molecule has 4 aliphatic carbocycles. The molecule has 0 radical (unpaired) electrons. The number of cyclic esters (lactones) is 1. The Morgan fingerprint density at radius 3 is 2.66 bits per heavy atom. The van der Waals surface area contributed by atoms with Crippen LogP contribution in [-0.4, -0.2) is 52.0 Å². The highest BCUT2D eigenvalue weighted by Crippen LogP contribution is 2.68. The van der Waals surface area contributed by atoms with Gasteiger partial charge in [-0.15, -0.1) is 0 Å². The van der Waals surface area contributed by atoms with Gasteiger partial charge in [-0.05, 0) is 68.3 Å². The van der Waals surface area contributed by atoms with Crippen LogP contribution in [-0.2, 0) is 14.3 Å². The number of esters is 1. The number of carbonyl (C=O) groups excluding carboxylic acids is 2. The van der Waals surface area contributed by atoms with E-state index in [9.17, 15) is 24.9 Å². The molecular weight excluding hydrogens is 372 g/mol. The summed E-state index contributed by atoms with van der Waals surface area (Å²) in [6.07, 6.45) is 7.13. The monoisotopic (exact) mass is 402 g/mol. The topological polar surface area (TPSA) is 104 Å². The van der Waals surface area contributed by atoms with Crippen molar-refractivity contribution in [3.8, 4) is 0 Å². The van der Waals surface area contributed by atoms with E-state index in [1.165, 1.54) is 0 Å². The first-order chi connectivity index (χ1) is 13.7. The van der Waals surface area contributed by atoms with Crippen LogP contribution in [0.5, 0.6) is 0 Å². The summed E-state index contributed by atoms with van der Waals surface area (Å²) < 4.78 is 5.15. The number of hydrogen-bond acceptors (Lipinski definition) is 6.